The number of para-hydroxylation sites is 1. The first-order valence-corrected chi connectivity index (χ1v) is 6.89. The molecule has 0 spiro atoms. The number of rotatable bonds is 8. The molecule has 0 aliphatic carbocycles. The average molecular weight is 258 g/mol. The van der Waals surface area contributed by atoms with Crippen molar-refractivity contribution in [1.29, 1.82) is 0 Å². The zero-order valence-corrected chi connectivity index (χ0v) is 11.5. The Morgan fingerprint density at radius 1 is 1.26 bits per heavy atom. The highest BCUT2D eigenvalue weighted by Gasteiger charge is 2.02. The van der Waals surface area contributed by atoms with Crippen LogP contribution in [0, 0.1) is 0 Å². The van der Waals surface area contributed by atoms with Crippen molar-refractivity contribution in [2.24, 2.45) is 0 Å². The van der Waals surface area contributed by atoms with Crippen LogP contribution >= 0.6 is 0 Å². The van der Waals surface area contributed by atoms with E-state index >= 15 is 0 Å². The third-order valence-electron chi connectivity index (χ3n) is 3.13. The van der Waals surface area contributed by atoms with E-state index in [0.29, 0.717) is 0 Å². The van der Waals surface area contributed by atoms with Gasteiger partial charge in [-0.1, -0.05) is 18.2 Å². The Hall–Kier alpha value is -1.81. The van der Waals surface area contributed by atoms with Crippen molar-refractivity contribution >= 4 is 5.69 Å². The minimum Gasteiger partial charge on any atom is -0.372 e. The van der Waals surface area contributed by atoms with Crippen molar-refractivity contribution in [2.45, 2.75) is 19.9 Å². The molecule has 0 fully saturated rings. The topological polar surface area (TPSA) is 44.0 Å². The highest BCUT2D eigenvalue weighted by molar-refractivity contribution is 5.45. The lowest BCUT2D eigenvalue weighted by molar-refractivity contribution is 0.623. The Morgan fingerprint density at radius 2 is 2.11 bits per heavy atom. The molecule has 0 aliphatic rings. The van der Waals surface area contributed by atoms with E-state index < -0.39 is 0 Å². The number of nitrogens with zero attached hydrogens (tertiary/aromatic N) is 2. The fourth-order valence-corrected chi connectivity index (χ4v) is 2.10. The van der Waals surface area contributed by atoms with Gasteiger partial charge in [-0.15, -0.1) is 0 Å². The van der Waals surface area contributed by atoms with Crippen molar-refractivity contribution < 1.29 is 0 Å². The molecule has 0 aliphatic heterocycles. The maximum atomic E-state index is 4.18. The van der Waals surface area contributed by atoms with Gasteiger partial charge >= 0.3 is 0 Å². The minimum atomic E-state index is 0.810. The number of hydrogen-bond acceptors (Lipinski definition) is 3. The largest absolute Gasteiger partial charge is 0.372 e. The zero-order chi connectivity index (χ0) is 13.3. The lowest BCUT2D eigenvalue weighted by atomic mass is 10.2. The summed E-state index contributed by atoms with van der Waals surface area (Å²) in [7, 11) is 0. The molecule has 2 rings (SSSR count). The third-order valence-corrected chi connectivity index (χ3v) is 3.13. The molecule has 102 valence electrons. The van der Waals surface area contributed by atoms with Crippen molar-refractivity contribution in [3.05, 3.63) is 48.5 Å². The first kappa shape index (κ1) is 13.6. The molecule has 0 atom stereocenters. The van der Waals surface area contributed by atoms with Gasteiger partial charge in [-0.25, -0.2) is 4.98 Å². The number of benzene rings is 1. The summed E-state index contributed by atoms with van der Waals surface area (Å²) in [5.41, 5.74) is 1.30. The van der Waals surface area contributed by atoms with Crippen molar-refractivity contribution in [3.8, 4) is 0 Å². The number of anilines is 1. The average Bonchev–Trinajstić information content (AvgIpc) is 2.97. The van der Waals surface area contributed by atoms with Crippen LogP contribution in [0.15, 0.2) is 42.7 Å². The van der Waals surface area contributed by atoms with Gasteiger partial charge in [0.1, 0.15) is 5.82 Å². The van der Waals surface area contributed by atoms with E-state index in [4.69, 9.17) is 0 Å². The molecule has 2 N–H and O–H groups in total. The molecule has 2 aromatic rings. The second-order valence-corrected chi connectivity index (χ2v) is 4.48. The Kier molecular flexibility index (Phi) is 5.44. The predicted octanol–water partition coefficient (Wildman–Crippen LogP) is 2.42. The third kappa shape index (κ3) is 4.41. The molecule has 1 heterocycles. The molecule has 1 aromatic heterocycles. The first-order valence-electron chi connectivity index (χ1n) is 6.89. The number of hydrogen-bond donors (Lipinski definition) is 2. The Labute approximate surface area is 114 Å². The summed E-state index contributed by atoms with van der Waals surface area (Å²) in [6, 6.07) is 10.6. The molecular weight excluding hydrogens is 236 g/mol. The van der Waals surface area contributed by atoms with Crippen LogP contribution in [0.2, 0.25) is 0 Å². The molecule has 4 nitrogen and oxygen atoms in total. The van der Waals surface area contributed by atoms with E-state index in [1.54, 1.807) is 6.20 Å². The lowest BCUT2D eigenvalue weighted by Gasteiger charge is -2.23. The van der Waals surface area contributed by atoms with E-state index in [1.807, 2.05) is 6.20 Å². The smallest absolute Gasteiger partial charge is 0.120 e. The molecule has 0 saturated heterocycles. The lowest BCUT2D eigenvalue weighted by Crippen LogP contribution is -2.27. The van der Waals surface area contributed by atoms with Gasteiger partial charge in [-0.05, 0) is 32.0 Å². The van der Waals surface area contributed by atoms with Gasteiger partial charge in [0.2, 0.25) is 0 Å². The summed E-state index contributed by atoms with van der Waals surface area (Å²) in [5, 5.41) is 3.40. The number of aromatic amines is 1. The standard InChI is InChI=1S/C15H22N4/c1-2-19(14-7-4-3-5-8-14)12-6-9-16-13-15-17-10-11-18-15/h3-5,7-8,10-11,16H,2,6,9,12-13H2,1H3,(H,17,18). The van der Waals surface area contributed by atoms with Gasteiger partial charge in [0.25, 0.3) is 0 Å². The van der Waals surface area contributed by atoms with Crippen LogP contribution in [0.1, 0.15) is 19.2 Å². The molecule has 0 radical (unpaired) electrons. The maximum absolute atomic E-state index is 4.18. The van der Waals surface area contributed by atoms with Gasteiger partial charge in [-0.3, -0.25) is 0 Å². The highest BCUT2D eigenvalue weighted by atomic mass is 15.1. The number of aromatic nitrogens is 2. The summed E-state index contributed by atoms with van der Waals surface area (Å²) in [6.45, 7) is 6.13. The van der Waals surface area contributed by atoms with Gasteiger partial charge in [0.15, 0.2) is 0 Å². The van der Waals surface area contributed by atoms with Gasteiger partial charge < -0.3 is 15.2 Å². The summed E-state index contributed by atoms with van der Waals surface area (Å²) in [5.74, 6) is 0.996. The molecule has 0 amide bonds. The van der Waals surface area contributed by atoms with E-state index in [2.05, 4.69) is 57.4 Å². The summed E-state index contributed by atoms with van der Waals surface area (Å²) >= 11 is 0. The monoisotopic (exact) mass is 258 g/mol. The Morgan fingerprint density at radius 3 is 2.79 bits per heavy atom. The normalized spacial score (nSPS) is 10.6. The molecule has 0 bridgehead atoms. The van der Waals surface area contributed by atoms with E-state index in [0.717, 1.165) is 38.4 Å². The predicted molar refractivity (Wildman–Crippen MR) is 79.2 cm³/mol. The molecule has 1 aromatic carbocycles. The van der Waals surface area contributed by atoms with Crippen LogP contribution in [-0.2, 0) is 6.54 Å². The van der Waals surface area contributed by atoms with Crippen molar-refractivity contribution in [1.82, 2.24) is 15.3 Å². The second-order valence-electron chi connectivity index (χ2n) is 4.48. The number of imidazole rings is 1. The number of H-pyrrole nitrogens is 1. The van der Waals surface area contributed by atoms with Crippen molar-refractivity contribution in [3.63, 3.8) is 0 Å². The molecule has 19 heavy (non-hydrogen) atoms. The Bertz CT molecular complexity index is 438. The van der Waals surface area contributed by atoms with Gasteiger partial charge in [-0.2, -0.15) is 0 Å². The fourth-order valence-electron chi connectivity index (χ4n) is 2.10. The summed E-state index contributed by atoms with van der Waals surface area (Å²) in [6.07, 6.45) is 4.76. The maximum Gasteiger partial charge on any atom is 0.120 e. The first-order chi connectivity index (χ1) is 9.40. The SMILES string of the molecule is CCN(CCCNCc1ncc[nH]1)c1ccccc1. The van der Waals surface area contributed by atoms with Crippen LogP contribution < -0.4 is 10.2 Å². The van der Waals surface area contributed by atoms with E-state index in [9.17, 15) is 0 Å². The van der Waals surface area contributed by atoms with Crippen LogP contribution in [0.4, 0.5) is 5.69 Å². The quantitative estimate of drug-likeness (QED) is 0.715. The van der Waals surface area contributed by atoms with Crippen molar-refractivity contribution in [2.75, 3.05) is 24.5 Å². The van der Waals surface area contributed by atoms with Crippen LogP contribution in [-0.4, -0.2) is 29.6 Å². The molecular formula is C15H22N4. The van der Waals surface area contributed by atoms with Gasteiger partial charge in [0.05, 0.1) is 6.54 Å². The van der Waals surface area contributed by atoms with Crippen LogP contribution in [0.5, 0.6) is 0 Å². The van der Waals surface area contributed by atoms with Crippen LogP contribution in [0.3, 0.4) is 0 Å². The second kappa shape index (κ2) is 7.59. The summed E-state index contributed by atoms with van der Waals surface area (Å²) < 4.78 is 0. The molecule has 4 heteroatoms. The van der Waals surface area contributed by atoms with Gasteiger partial charge in [0, 0.05) is 31.2 Å². The zero-order valence-electron chi connectivity index (χ0n) is 11.5. The van der Waals surface area contributed by atoms with E-state index in [1.165, 1.54) is 5.69 Å². The molecule has 0 unspecified atom stereocenters. The van der Waals surface area contributed by atoms with E-state index in [-0.39, 0.29) is 0 Å². The minimum absolute atomic E-state index is 0.810. The summed E-state index contributed by atoms with van der Waals surface area (Å²) in [4.78, 5) is 9.67. The fraction of sp³-hybridized carbons (Fsp3) is 0.400. The number of nitrogens with one attached hydrogen (secondary N) is 2. The highest BCUT2D eigenvalue weighted by Crippen LogP contribution is 2.12. The Balaban J connectivity index is 1.66. The van der Waals surface area contributed by atoms with Crippen LogP contribution in [0.25, 0.3) is 0 Å². The molecule has 0 saturated carbocycles.